The molecule has 0 heterocycles. The molecule has 0 bridgehead atoms. The molecule has 0 spiro atoms. The highest BCUT2D eigenvalue weighted by Gasteiger charge is 2.24. The van der Waals surface area contributed by atoms with Gasteiger partial charge in [0.15, 0.2) is 0 Å². The molecule has 0 aliphatic heterocycles. The van der Waals surface area contributed by atoms with Gasteiger partial charge in [-0.2, -0.15) is 0 Å². The summed E-state index contributed by atoms with van der Waals surface area (Å²) in [7, 11) is 0. The molecule has 1 unspecified atom stereocenters. The van der Waals surface area contributed by atoms with E-state index in [1.54, 1.807) is 0 Å². The van der Waals surface area contributed by atoms with Crippen molar-refractivity contribution >= 4 is 0 Å². The Morgan fingerprint density at radius 2 is 1.71 bits per heavy atom. The molecule has 0 radical (unpaired) electrons. The molecule has 0 nitrogen and oxygen atoms in total. The van der Waals surface area contributed by atoms with Gasteiger partial charge < -0.3 is 0 Å². The van der Waals surface area contributed by atoms with E-state index >= 15 is 0 Å². The Kier molecular flexibility index (Phi) is 3.62. The predicted molar refractivity (Wildman–Crippen MR) is 54.4 cm³/mol. The third kappa shape index (κ3) is 1.79. The largest absolute Gasteiger partial charge is 0.207 e. The van der Waals surface area contributed by atoms with Gasteiger partial charge in [-0.05, 0) is 42.0 Å². The van der Waals surface area contributed by atoms with Crippen molar-refractivity contribution in [1.82, 2.24) is 0 Å². The SMILES string of the molecule is CC.CC1CCc2c(F)ccc(F)c21. The zero-order valence-corrected chi connectivity index (χ0v) is 8.90. The highest BCUT2D eigenvalue weighted by atomic mass is 19.1. The summed E-state index contributed by atoms with van der Waals surface area (Å²) in [4.78, 5) is 0. The first-order chi connectivity index (χ1) is 6.70. The van der Waals surface area contributed by atoms with Crippen LogP contribution < -0.4 is 0 Å². The lowest BCUT2D eigenvalue weighted by atomic mass is 10.0. The average molecular weight is 198 g/mol. The van der Waals surface area contributed by atoms with Crippen LogP contribution in [0.5, 0.6) is 0 Å². The number of rotatable bonds is 0. The Hall–Kier alpha value is -0.920. The van der Waals surface area contributed by atoms with E-state index in [1.165, 1.54) is 12.1 Å². The average Bonchev–Trinajstić information content (AvgIpc) is 2.59. The van der Waals surface area contributed by atoms with Crippen molar-refractivity contribution in [2.75, 3.05) is 0 Å². The van der Waals surface area contributed by atoms with Gasteiger partial charge >= 0.3 is 0 Å². The normalized spacial score (nSPS) is 18.5. The van der Waals surface area contributed by atoms with Crippen LogP contribution in [-0.2, 0) is 6.42 Å². The monoisotopic (exact) mass is 198 g/mol. The molecule has 1 aliphatic rings. The third-order valence-corrected chi connectivity index (χ3v) is 2.57. The zero-order valence-electron chi connectivity index (χ0n) is 8.90. The summed E-state index contributed by atoms with van der Waals surface area (Å²) in [5, 5.41) is 0. The van der Waals surface area contributed by atoms with Crippen molar-refractivity contribution in [3.8, 4) is 0 Å². The van der Waals surface area contributed by atoms with Gasteiger partial charge in [0, 0.05) is 0 Å². The topological polar surface area (TPSA) is 0 Å². The molecule has 1 atom stereocenters. The van der Waals surface area contributed by atoms with Gasteiger partial charge in [0.2, 0.25) is 0 Å². The summed E-state index contributed by atoms with van der Waals surface area (Å²) in [6.07, 6.45) is 1.55. The number of hydrogen-bond acceptors (Lipinski definition) is 0. The quantitative estimate of drug-likeness (QED) is 0.590. The zero-order chi connectivity index (χ0) is 10.7. The molecule has 0 saturated carbocycles. The van der Waals surface area contributed by atoms with Crippen molar-refractivity contribution in [2.45, 2.75) is 39.5 Å². The minimum absolute atomic E-state index is 0.177. The molecule has 2 rings (SSSR count). The van der Waals surface area contributed by atoms with Crippen LogP contribution in [0, 0.1) is 11.6 Å². The van der Waals surface area contributed by atoms with E-state index in [0.717, 1.165) is 6.42 Å². The van der Waals surface area contributed by atoms with Gasteiger partial charge in [-0.25, -0.2) is 8.78 Å². The summed E-state index contributed by atoms with van der Waals surface area (Å²) >= 11 is 0. The van der Waals surface area contributed by atoms with Gasteiger partial charge in [-0.1, -0.05) is 20.8 Å². The highest BCUT2D eigenvalue weighted by Crippen LogP contribution is 2.35. The van der Waals surface area contributed by atoms with Crippen LogP contribution in [0.4, 0.5) is 8.78 Å². The molecule has 0 aromatic heterocycles. The second-order valence-corrected chi connectivity index (χ2v) is 3.36. The fourth-order valence-corrected chi connectivity index (χ4v) is 1.90. The van der Waals surface area contributed by atoms with Crippen molar-refractivity contribution < 1.29 is 8.78 Å². The molecular weight excluding hydrogens is 182 g/mol. The summed E-state index contributed by atoms with van der Waals surface area (Å²) in [5.41, 5.74) is 1.18. The second kappa shape index (κ2) is 4.54. The van der Waals surface area contributed by atoms with Crippen molar-refractivity contribution in [2.24, 2.45) is 0 Å². The smallest absolute Gasteiger partial charge is 0.127 e. The Morgan fingerprint density at radius 3 is 2.29 bits per heavy atom. The lowest BCUT2D eigenvalue weighted by molar-refractivity contribution is 0.578. The third-order valence-electron chi connectivity index (χ3n) is 2.57. The van der Waals surface area contributed by atoms with Crippen LogP contribution in [0.1, 0.15) is 44.2 Å². The minimum Gasteiger partial charge on any atom is -0.207 e. The Bertz CT molecular complexity index is 318. The van der Waals surface area contributed by atoms with E-state index in [-0.39, 0.29) is 17.6 Å². The number of fused-ring (bicyclic) bond motifs is 1. The molecular formula is C12H16F2. The first-order valence-electron chi connectivity index (χ1n) is 5.17. The molecule has 14 heavy (non-hydrogen) atoms. The maximum absolute atomic E-state index is 13.2. The summed E-state index contributed by atoms with van der Waals surface area (Å²) in [5.74, 6) is -0.331. The number of hydrogen-bond donors (Lipinski definition) is 0. The van der Waals surface area contributed by atoms with Crippen LogP contribution in [0.2, 0.25) is 0 Å². The summed E-state index contributed by atoms with van der Waals surface area (Å²) in [6.45, 7) is 5.94. The Morgan fingerprint density at radius 1 is 1.14 bits per heavy atom. The maximum atomic E-state index is 13.2. The Labute approximate surface area is 84.0 Å². The lowest BCUT2D eigenvalue weighted by Gasteiger charge is -2.05. The first-order valence-corrected chi connectivity index (χ1v) is 5.17. The standard InChI is InChI=1S/C10H10F2.C2H6/c1-6-2-3-7-8(11)4-5-9(12)10(6)7;1-2/h4-6H,2-3H2,1H3;1-2H3. The van der Waals surface area contributed by atoms with E-state index in [1.807, 2.05) is 20.8 Å². The molecule has 0 amide bonds. The predicted octanol–water partition coefficient (Wildman–Crippen LogP) is 4.04. The molecule has 0 fully saturated rings. The Balaban J connectivity index is 0.000000461. The summed E-state index contributed by atoms with van der Waals surface area (Å²) in [6, 6.07) is 2.43. The van der Waals surface area contributed by atoms with Gasteiger partial charge in [-0.15, -0.1) is 0 Å². The molecule has 78 valence electrons. The van der Waals surface area contributed by atoms with Gasteiger partial charge in [0.05, 0.1) is 0 Å². The summed E-state index contributed by atoms with van der Waals surface area (Å²) < 4.78 is 26.2. The second-order valence-electron chi connectivity index (χ2n) is 3.36. The maximum Gasteiger partial charge on any atom is 0.127 e. The van der Waals surface area contributed by atoms with Gasteiger partial charge in [0.1, 0.15) is 11.6 Å². The lowest BCUT2D eigenvalue weighted by Crippen LogP contribution is -1.94. The molecule has 1 aromatic rings. The molecule has 0 saturated heterocycles. The van der Waals surface area contributed by atoms with Gasteiger partial charge in [-0.3, -0.25) is 0 Å². The van der Waals surface area contributed by atoms with Crippen molar-refractivity contribution in [3.63, 3.8) is 0 Å². The van der Waals surface area contributed by atoms with Crippen LogP contribution in [0.3, 0.4) is 0 Å². The van der Waals surface area contributed by atoms with E-state index < -0.39 is 0 Å². The highest BCUT2D eigenvalue weighted by molar-refractivity contribution is 5.36. The van der Waals surface area contributed by atoms with Crippen molar-refractivity contribution in [3.05, 3.63) is 34.9 Å². The molecule has 1 aromatic carbocycles. The van der Waals surface area contributed by atoms with Crippen LogP contribution >= 0.6 is 0 Å². The van der Waals surface area contributed by atoms with Crippen molar-refractivity contribution in [1.29, 1.82) is 0 Å². The van der Waals surface area contributed by atoms with E-state index in [9.17, 15) is 8.78 Å². The van der Waals surface area contributed by atoms with Crippen LogP contribution in [-0.4, -0.2) is 0 Å². The van der Waals surface area contributed by atoms with Crippen LogP contribution in [0.25, 0.3) is 0 Å². The number of benzene rings is 1. The van der Waals surface area contributed by atoms with Gasteiger partial charge in [0.25, 0.3) is 0 Å². The van der Waals surface area contributed by atoms with E-state index in [0.29, 0.717) is 17.5 Å². The molecule has 0 N–H and O–H groups in total. The fraction of sp³-hybridized carbons (Fsp3) is 0.500. The molecule has 2 heteroatoms. The number of halogens is 2. The van der Waals surface area contributed by atoms with Crippen LogP contribution in [0.15, 0.2) is 12.1 Å². The molecule has 1 aliphatic carbocycles. The minimum atomic E-state index is -0.254. The van der Waals surface area contributed by atoms with E-state index in [2.05, 4.69) is 0 Å². The fourth-order valence-electron chi connectivity index (χ4n) is 1.90. The van der Waals surface area contributed by atoms with E-state index in [4.69, 9.17) is 0 Å². The first kappa shape index (κ1) is 11.2.